The molecule has 1 aromatic heterocycles. The summed E-state index contributed by atoms with van der Waals surface area (Å²) in [5, 5.41) is 9.14. The van der Waals surface area contributed by atoms with Crippen molar-refractivity contribution in [1.82, 2.24) is 9.55 Å². The lowest BCUT2D eigenvalue weighted by molar-refractivity contribution is 0.0684. The van der Waals surface area contributed by atoms with E-state index in [1.165, 1.54) is 12.5 Å². The predicted octanol–water partition coefficient (Wildman–Crippen LogP) is 2.21. The van der Waals surface area contributed by atoms with Crippen LogP contribution in [0.15, 0.2) is 30.7 Å². The van der Waals surface area contributed by atoms with Crippen molar-refractivity contribution in [2.45, 2.75) is 13.0 Å². The van der Waals surface area contributed by atoms with Gasteiger partial charge in [0.2, 0.25) is 0 Å². The van der Waals surface area contributed by atoms with E-state index >= 15 is 0 Å². The van der Waals surface area contributed by atoms with E-state index in [-0.39, 0.29) is 11.7 Å². The average molecular weight is 276 g/mol. The number of methoxy groups -OCH3 is 2. The highest BCUT2D eigenvalue weighted by Crippen LogP contribution is 2.28. The zero-order chi connectivity index (χ0) is 14.7. The van der Waals surface area contributed by atoms with Gasteiger partial charge in [-0.15, -0.1) is 0 Å². The minimum Gasteiger partial charge on any atom is -0.497 e. The molecule has 6 heteroatoms. The molecule has 0 aliphatic heterocycles. The first-order valence-electron chi connectivity index (χ1n) is 6.05. The summed E-state index contributed by atoms with van der Waals surface area (Å²) in [6, 6.07) is 5.26. The first-order valence-corrected chi connectivity index (χ1v) is 6.05. The molecule has 0 aliphatic rings. The van der Waals surface area contributed by atoms with Gasteiger partial charge in [0.05, 0.1) is 32.8 Å². The van der Waals surface area contributed by atoms with Gasteiger partial charge >= 0.3 is 5.97 Å². The summed E-state index contributed by atoms with van der Waals surface area (Å²) < 4.78 is 12.0. The molecule has 0 bridgehead atoms. The average Bonchev–Trinajstić information content (AvgIpc) is 2.95. The molecule has 20 heavy (non-hydrogen) atoms. The lowest BCUT2D eigenvalue weighted by Crippen LogP contribution is -2.13. The SMILES string of the molecule is COc1cc(OC)cc(C(C)n2cncc2C(=O)O)c1. The topological polar surface area (TPSA) is 73.6 Å². The Labute approximate surface area is 116 Å². The summed E-state index contributed by atoms with van der Waals surface area (Å²) in [5.41, 5.74) is 1.01. The van der Waals surface area contributed by atoms with Crippen molar-refractivity contribution in [2.75, 3.05) is 14.2 Å². The Morgan fingerprint density at radius 3 is 2.35 bits per heavy atom. The molecule has 2 aromatic rings. The maximum Gasteiger partial charge on any atom is 0.354 e. The van der Waals surface area contributed by atoms with Crippen LogP contribution in [0.4, 0.5) is 0 Å². The van der Waals surface area contributed by atoms with Crippen LogP contribution >= 0.6 is 0 Å². The van der Waals surface area contributed by atoms with Crippen molar-refractivity contribution in [3.8, 4) is 11.5 Å². The van der Waals surface area contributed by atoms with E-state index in [2.05, 4.69) is 4.98 Å². The van der Waals surface area contributed by atoms with Gasteiger partial charge in [-0.1, -0.05) is 0 Å². The number of aromatic carboxylic acids is 1. The number of hydrogen-bond acceptors (Lipinski definition) is 4. The second kappa shape index (κ2) is 5.64. The Bertz CT molecular complexity index is 599. The van der Waals surface area contributed by atoms with Crippen molar-refractivity contribution >= 4 is 5.97 Å². The summed E-state index contributed by atoms with van der Waals surface area (Å²) in [7, 11) is 3.15. The molecule has 0 radical (unpaired) electrons. The number of aromatic nitrogens is 2. The van der Waals surface area contributed by atoms with Crippen LogP contribution in [-0.2, 0) is 0 Å². The molecule has 1 aromatic carbocycles. The van der Waals surface area contributed by atoms with Crippen LogP contribution in [0.3, 0.4) is 0 Å². The van der Waals surface area contributed by atoms with Gasteiger partial charge in [0.25, 0.3) is 0 Å². The first kappa shape index (κ1) is 13.9. The van der Waals surface area contributed by atoms with Gasteiger partial charge in [-0.05, 0) is 24.6 Å². The van der Waals surface area contributed by atoms with Crippen LogP contribution in [0.1, 0.15) is 29.0 Å². The molecule has 1 atom stereocenters. The zero-order valence-electron chi connectivity index (χ0n) is 11.5. The molecule has 0 spiro atoms. The minimum atomic E-state index is -1.01. The fourth-order valence-corrected chi connectivity index (χ4v) is 2.01. The van der Waals surface area contributed by atoms with Crippen molar-refractivity contribution in [2.24, 2.45) is 0 Å². The molecule has 6 nitrogen and oxygen atoms in total. The van der Waals surface area contributed by atoms with Crippen LogP contribution in [0.25, 0.3) is 0 Å². The van der Waals surface area contributed by atoms with E-state index in [1.807, 2.05) is 19.1 Å². The fraction of sp³-hybridized carbons (Fsp3) is 0.286. The highest BCUT2D eigenvalue weighted by Gasteiger charge is 2.17. The summed E-state index contributed by atoms with van der Waals surface area (Å²) in [4.78, 5) is 15.0. The second-order valence-corrected chi connectivity index (χ2v) is 4.31. The van der Waals surface area contributed by atoms with E-state index in [4.69, 9.17) is 14.6 Å². The molecule has 0 saturated carbocycles. The van der Waals surface area contributed by atoms with Gasteiger partial charge in [-0.25, -0.2) is 9.78 Å². The van der Waals surface area contributed by atoms with Crippen LogP contribution in [0.2, 0.25) is 0 Å². The number of ether oxygens (including phenoxy) is 2. The zero-order valence-corrected chi connectivity index (χ0v) is 11.5. The first-order chi connectivity index (χ1) is 9.56. The number of hydrogen-bond donors (Lipinski definition) is 1. The lowest BCUT2D eigenvalue weighted by Gasteiger charge is -2.17. The van der Waals surface area contributed by atoms with Crippen LogP contribution < -0.4 is 9.47 Å². The quantitative estimate of drug-likeness (QED) is 0.906. The number of carbonyl (C=O) groups is 1. The Kier molecular flexibility index (Phi) is 3.93. The van der Waals surface area contributed by atoms with Gasteiger partial charge < -0.3 is 19.1 Å². The maximum atomic E-state index is 11.2. The molecule has 2 rings (SSSR count). The third kappa shape index (κ3) is 2.59. The Morgan fingerprint density at radius 2 is 1.85 bits per heavy atom. The molecule has 1 unspecified atom stereocenters. The molecular formula is C14H16N2O4. The van der Waals surface area contributed by atoms with Crippen LogP contribution in [-0.4, -0.2) is 34.8 Å². The van der Waals surface area contributed by atoms with Gasteiger partial charge in [0.15, 0.2) is 0 Å². The molecule has 0 saturated heterocycles. The van der Waals surface area contributed by atoms with E-state index in [9.17, 15) is 4.79 Å². The highest BCUT2D eigenvalue weighted by molar-refractivity contribution is 5.85. The molecule has 0 aliphatic carbocycles. The molecule has 1 N–H and O–H groups in total. The fourth-order valence-electron chi connectivity index (χ4n) is 2.01. The summed E-state index contributed by atoms with van der Waals surface area (Å²) in [6.45, 7) is 1.89. The van der Waals surface area contributed by atoms with Crippen molar-refractivity contribution in [1.29, 1.82) is 0 Å². The van der Waals surface area contributed by atoms with Gasteiger partial charge in [-0.2, -0.15) is 0 Å². The molecule has 106 valence electrons. The molecule has 0 amide bonds. The number of carboxylic acid groups (broad SMARTS) is 1. The number of nitrogens with zero attached hydrogens (tertiary/aromatic N) is 2. The normalized spacial score (nSPS) is 11.9. The summed E-state index contributed by atoms with van der Waals surface area (Å²) in [6.07, 6.45) is 2.83. The van der Waals surface area contributed by atoms with Crippen LogP contribution in [0, 0.1) is 0 Å². The Morgan fingerprint density at radius 1 is 1.25 bits per heavy atom. The second-order valence-electron chi connectivity index (χ2n) is 4.31. The smallest absolute Gasteiger partial charge is 0.354 e. The predicted molar refractivity (Wildman–Crippen MR) is 72.5 cm³/mol. The minimum absolute atomic E-state index is 0.138. The number of carboxylic acids is 1. The maximum absolute atomic E-state index is 11.2. The van der Waals surface area contributed by atoms with Gasteiger partial charge in [0, 0.05) is 6.07 Å². The van der Waals surface area contributed by atoms with E-state index < -0.39 is 5.97 Å². The van der Waals surface area contributed by atoms with Crippen molar-refractivity contribution in [3.05, 3.63) is 42.0 Å². The Balaban J connectivity index is 2.44. The molecule has 1 heterocycles. The monoisotopic (exact) mass is 276 g/mol. The van der Waals surface area contributed by atoms with Crippen molar-refractivity contribution < 1.29 is 19.4 Å². The number of rotatable bonds is 5. The van der Waals surface area contributed by atoms with E-state index in [0.717, 1.165) is 5.56 Å². The third-order valence-corrected chi connectivity index (χ3v) is 3.16. The van der Waals surface area contributed by atoms with E-state index in [0.29, 0.717) is 11.5 Å². The molecular weight excluding hydrogens is 260 g/mol. The van der Waals surface area contributed by atoms with Crippen LogP contribution in [0.5, 0.6) is 11.5 Å². The largest absolute Gasteiger partial charge is 0.497 e. The van der Waals surface area contributed by atoms with E-state index in [1.54, 1.807) is 24.9 Å². The Hall–Kier alpha value is -2.50. The van der Waals surface area contributed by atoms with Crippen molar-refractivity contribution in [3.63, 3.8) is 0 Å². The lowest BCUT2D eigenvalue weighted by atomic mass is 10.1. The third-order valence-electron chi connectivity index (χ3n) is 3.16. The highest BCUT2D eigenvalue weighted by atomic mass is 16.5. The van der Waals surface area contributed by atoms with Gasteiger partial charge in [0.1, 0.15) is 17.2 Å². The van der Waals surface area contributed by atoms with Gasteiger partial charge in [-0.3, -0.25) is 0 Å². The summed E-state index contributed by atoms with van der Waals surface area (Å²) in [5.74, 6) is 0.301. The number of imidazole rings is 1. The molecule has 0 fully saturated rings. The summed E-state index contributed by atoms with van der Waals surface area (Å²) >= 11 is 0. The standard InChI is InChI=1S/C14H16N2O4/c1-9(16-8-15-7-13(16)14(17)18)10-4-11(19-2)6-12(5-10)20-3/h4-9H,1-3H3,(H,17,18). The number of benzene rings is 1.